The summed E-state index contributed by atoms with van der Waals surface area (Å²) in [6.07, 6.45) is 0. The van der Waals surface area contributed by atoms with Gasteiger partial charge in [0.2, 0.25) is 10.0 Å². The molecule has 0 radical (unpaired) electrons. The van der Waals surface area contributed by atoms with Crippen molar-refractivity contribution in [1.82, 2.24) is 4.72 Å². The Hall–Kier alpha value is -0.630. The molecule has 0 aliphatic heterocycles. The Kier molecular flexibility index (Phi) is 5.58. The first-order chi connectivity index (χ1) is 8.36. The second-order valence-electron chi connectivity index (χ2n) is 3.51. The Balaban J connectivity index is 2.77. The third-order valence-electron chi connectivity index (χ3n) is 2.21. The molecule has 0 saturated carbocycles. The van der Waals surface area contributed by atoms with Gasteiger partial charge in [-0.25, -0.2) is 13.1 Å². The first kappa shape index (κ1) is 15.4. The van der Waals surface area contributed by atoms with Crippen molar-refractivity contribution in [3.05, 3.63) is 23.2 Å². The zero-order valence-corrected chi connectivity index (χ0v) is 12.2. The molecule has 0 bridgehead atoms. The van der Waals surface area contributed by atoms with Crippen LogP contribution in [0.15, 0.2) is 23.1 Å². The van der Waals surface area contributed by atoms with E-state index in [9.17, 15) is 12.6 Å². The van der Waals surface area contributed by atoms with Gasteiger partial charge in [-0.15, -0.1) is 0 Å². The number of nitrogens with two attached hydrogens (primary N) is 1. The van der Waals surface area contributed by atoms with Crippen LogP contribution < -0.4 is 10.5 Å². The molecule has 5 nitrogen and oxygen atoms in total. The third kappa shape index (κ3) is 4.24. The molecule has 0 spiro atoms. The Morgan fingerprint density at radius 1 is 1.44 bits per heavy atom. The Morgan fingerprint density at radius 2 is 2.11 bits per heavy atom. The molecule has 0 fully saturated rings. The maximum absolute atomic E-state index is 11.9. The van der Waals surface area contributed by atoms with Gasteiger partial charge in [0, 0.05) is 33.9 Å². The molecule has 18 heavy (non-hydrogen) atoms. The lowest BCUT2D eigenvalue weighted by Crippen LogP contribution is -2.28. The fraction of sp³-hybridized carbons (Fsp3) is 0.400. The lowest BCUT2D eigenvalue weighted by atomic mass is 10.3. The van der Waals surface area contributed by atoms with E-state index in [1.54, 1.807) is 6.92 Å². The van der Waals surface area contributed by atoms with E-state index in [2.05, 4.69) is 4.72 Å². The highest BCUT2D eigenvalue weighted by Crippen LogP contribution is 2.21. The number of hydrogen-bond donors (Lipinski definition) is 2. The largest absolute Gasteiger partial charge is 0.398 e. The van der Waals surface area contributed by atoms with Crippen LogP contribution in [-0.4, -0.2) is 30.7 Å². The number of anilines is 1. The highest BCUT2D eigenvalue weighted by molar-refractivity contribution is 7.89. The molecule has 1 unspecified atom stereocenters. The SMILES string of the molecule is CCS(=O)CCNS(=O)(=O)c1ccc(Cl)cc1N. The number of benzene rings is 1. The summed E-state index contributed by atoms with van der Waals surface area (Å²) < 4.78 is 37.3. The van der Waals surface area contributed by atoms with Crippen molar-refractivity contribution >= 4 is 38.1 Å². The number of hydrogen-bond acceptors (Lipinski definition) is 4. The summed E-state index contributed by atoms with van der Waals surface area (Å²) in [4.78, 5) is -0.0193. The third-order valence-corrected chi connectivity index (χ3v) is 5.28. The van der Waals surface area contributed by atoms with Crippen LogP contribution in [0.1, 0.15) is 6.92 Å². The van der Waals surface area contributed by atoms with Gasteiger partial charge in [-0.1, -0.05) is 18.5 Å². The summed E-state index contributed by atoms with van der Waals surface area (Å²) >= 11 is 5.70. The number of nitrogen functional groups attached to an aromatic ring is 1. The first-order valence-electron chi connectivity index (χ1n) is 5.26. The van der Waals surface area contributed by atoms with Gasteiger partial charge in [0.15, 0.2) is 0 Å². The minimum atomic E-state index is -3.68. The van der Waals surface area contributed by atoms with E-state index < -0.39 is 20.8 Å². The highest BCUT2D eigenvalue weighted by Gasteiger charge is 2.17. The predicted molar refractivity (Wildman–Crippen MR) is 74.6 cm³/mol. The van der Waals surface area contributed by atoms with Gasteiger partial charge in [-0.05, 0) is 18.2 Å². The summed E-state index contributed by atoms with van der Waals surface area (Å²) in [5, 5.41) is 0.374. The van der Waals surface area contributed by atoms with Crippen LogP contribution >= 0.6 is 11.6 Å². The topological polar surface area (TPSA) is 89.3 Å². The number of nitrogens with one attached hydrogen (secondary N) is 1. The van der Waals surface area contributed by atoms with Gasteiger partial charge >= 0.3 is 0 Å². The van der Waals surface area contributed by atoms with Crippen molar-refractivity contribution in [2.45, 2.75) is 11.8 Å². The van der Waals surface area contributed by atoms with E-state index in [0.29, 0.717) is 10.8 Å². The normalized spacial score (nSPS) is 13.4. The molecule has 1 rings (SSSR count). The van der Waals surface area contributed by atoms with Crippen molar-refractivity contribution in [1.29, 1.82) is 0 Å². The Labute approximate surface area is 114 Å². The minimum Gasteiger partial charge on any atom is -0.398 e. The smallest absolute Gasteiger partial charge is 0.242 e. The molecule has 0 aliphatic carbocycles. The summed E-state index contributed by atoms with van der Waals surface area (Å²) in [5.74, 6) is 0.786. The van der Waals surface area contributed by atoms with E-state index in [0.717, 1.165) is 0 Å². The second kappa shape index (κ2) is 6.51. The van der Waals surface area contributed by atoms with Gasteiger partial charge in [0.05, 0.1) is 5.69 Å². The van der Waals surface area contributed by atoms with Crippen molar-refractivity contribution in [2.75, 3.05) is 23.8 Å². The van der Waals surface area contributed by atoms with Crippen LogP contribution in [0.5, 0.6) is 0 Å². The summed E-state index contributed by atoms with van der Waals surface area (Å²) in [6.45, 7) is 1.90. The highest BCUT2D eigenvalue weighted by atomic mass is 35.5. The van der Waals surface area contributed by atoms with E-state index >= 15 is 0 Å². The molecule has 3 N–H and O–H groups in total. The molecule has 1 aromatic rings. The molecule has 1 aromatic carbocycles. The van der Waals surface area contributed by atoms with E-state index in [4.69, 9.17) is 17.3 Å². The molecule has 102 valence electrons. The van der Waals surface area contributed by atoms with Crippen molar-refractivity contribution < 1.29 is 12.6 Å². The van der Waals surface area contributed by atoms with Crippen molar-refractivity contribution in [3.63, 3.8) is 0 Å². The maximum atomic E-state index is 11.9. The summed E-state index contributed by atoms with van der Waals surface area (Å²) in [6, 6.07) is 4.17. The fourth-order valence-corrected chi connectivity index (χ4v) is 3.35. The van der Waals surface area contributed by atoms with E-state index in [1.807, 2.05) is 0 Å². The monoisotopic (exact) mass is 310 g/mol. The Morgan fingerprint density at radius 3 is 2.67 bits per heavy atom. The number of rotatable bonds is 6. The van der Waals surface area contributed by atoms with Gasteiger partial charge < -0.3 is 5.73 Å². The summed E-state index contributed by atoms with van der Waals surface area (Å²) in [7, 11) is -4.69. The van der Waals surface area contributed by atoms with Crippen LogP contribution in [0.4, 0.5) is 5.69 Å². The number of halogens is 1. The lowest BCUT2D eigenvalue weighted by molar-refractivity contribution is 0.584. The zero-order chi connectivity index (χ0) is 13.8. The van der Waals surface area contributed by atoms with Crippen LogP contribution in [-0.2, 0) is 20.8 Å². The zero-order valence-electron chi connectivity index (χ0n) is 9.85. The molecular weight excluding hydrogens is 296 g/mol. The van der Waals surface area contributed by atoms with Crippen LogP contribution in [0, 0.1) is 0 Å². The van der Waals surface area contributed by atoms with Crippen molar-refractivity contribution in [2.24, 2.45) is 0 Å². The lowest BCUT2D eigenvalue weighted by Gasteiger charge is -2.09. The molecule has 0 aromatic heterocycles. The van der Waals surface area contributed by atoms with Gasteiger partial charge in [-0.2, -0.15) is 0 Å². The maximum Gasteiger partial charge on any atom is 0.242 e. The second-order valence-corrected chi connectivity index (χ2v) is 7.55. The number of sulfonamides is 1. The molecular formula is C10H15ClN2O3S2. The van der Waals surface area contributed by atoms with E-state index in [-0.39, 0.29) is 22.9 Å². The molecule has 0 amide bonds. The standard InChI is InChI=1S/C10H15ClN2O3S2/c1-2-17(14)6-5-13-18(15,16)10-4-3-8(11)7-9(10)12/h3-4,7,13H,2,5-6,12H2,1H3. The van der Waals surface area contributed by atoms with Gasteiger partial charge in [-0.3, -0.25) is 4.21 Å². The average molecular weight is 311 g/mol. The molecule has 1 atom stereocenters. The van der Waals surface area contributed by atoms with Gasteiger partial charge in [0.25, 0.3) is 0 Å². The van der Waals surface area contributed by atoms with Crippen LogP contribution in [0.3, 0.4) is 0 Å². The molecule has 0 aliphatic rings. The minimum absolute atomic E-state index is 0.0193. The quantitative estimate of drug-likeness (QED) is 0.766. The molecule has 8 heteroatoms. The first-order valence-corrected chi connectivity index (χ1v) is 8.61. The van der Waals surface area contributed by atoms with E-state index in [1.165, 1.54) is 18.2 Å². The van der Waals surface area contributed by atoms with Crippen LogP contribution in [0.2, 0.25) is 5.02 Å². The molecule has 0 saturated heterocycles. The average Bonchev–Trinajstić information content (AvgIpc) is 2.27. The van der Waals surface area contributed by atoms with Crippen LogP contribution in [0.25, 0.3) is 0 Å². The Bertz CT molecular complexity index is 546. The van der Waals surface area contributed by atoms with Crippen molar-refractivity contribution in [3.8, 4) is 0 Å². The summed E-state index contributed by atoms with van der Waals surface area (Å²) in [5.41, 5.74) is 5.69. The molecule has 0 heterocycles. The predicted octanol–water partition coefficient (Wildman–Crippen LogP) is 0.969. The van der Waals surface area contributed by atoms with Gasteiger partial charge in [0.1, 0.15) is 4.90 Å². The fourth-order valence-electron chi connectivity index (χ4n) is 1.28.